The standard InChI is InChI=1S/C15H23N3O/c1-3-12-4-6-13(7-5-12)14-10-17-8-9-18(14)15(19)11(2)16/h4-7,11,14,17H,3,8-10,16H2,1-2H3. The molecule has 0 bridgehead atoms. The average molecular weight is 261 g/mol. The molecule has 1 saturated heterocycles. The molecule has 2 rings (SSSR count). The minimum atomic E-state index is -0.435. The highest BCUT2D eigenvalue weighted by molar-refractivity contribution is 5.81. The molecule has 1 fully saturated rings. The van der Waals surface area contributed by atoms with Crippen LogP contribution in [0.2, 0.25) is 0 Å². The maximum absolute atomic E-state index is 12.2. The fourth-order valence-corrected chi connectivity index (χ4v) is 2.50. The Balaban J connectivity index is 2.20. The van der Waals surface area contributed by atoms with Crippen molar-refractivity contribution < 1.29 is 4.79 Å². The molecule has 0 aromatic heterocycles. The third kappa shape index (κ3) is 3.14. The molecule has 19 heavy (non-hydrogen) atoms. The van der Waals surface area contributed by atoms with Gasteiger partial charge in [0.2, 0.25) is 5.91 Å². The third-order valence-corrected chi connectivity index (χ3v) is 3.69. The molecule has 1 amide bonds. The van der Waals surface area contributed by atoms with Crippen molar-refractivity contribution in [3.05, 3.63) is 35.4 Å². The van der Waals surface area contributed by atoms with Crippen molar-refractivity contribution >= 4 is 5.91 Å². The molecule has 4 heteroatoms. The van der Waals surface area contributed by atoms with Gasteiger partial charge in [-0.1, -0.05) is 31.2 Å². The van der Waals surface area contributed by atoms with Gasteiger partial charge in [0, 0.05) is 19.6 Å². The van der Waals surface area contributed by atoms with Gasteiger partial charge in [-0.15, -0.1) is 0 Å². The van der Waals surface area contributed by atoms with Gasteiger partial charge in [-0.05, 0) is 24.5 Å². The molecular weight excluding hydrogens is 238 g/mol. The molecule has 0 saturated carbocycles. The van der Waals surface area contributed by atoms with E-state index >= 15 is 0 Å². The van der Waals surface area contributed by atoms with Crippen molar-refractivity contribution in [2.45, 2.75) is 32.4 Å². The van der Waals surface area contributed by atoms with E-state index < -0.39 is 6.04 Å². The second-order valence-electron chi connectivity index (χ2n) is 5.14. The van der Waals surface area contributed by atoms with Gasteiger partial charge in [-0.2, -0.15) is 0 Å². The second-order valence-corrected chi connectivity index (χ2v) is 5.14. The number of nitrogens with one attached hydrogen (secondary N) is 1. The summed E-state index contributed by atoms with van der Waals surface area (Å²) in [5.74, 6) is 0.0334. The zero-order valence-electron chi connectivity index (χ0n) is 11.7. The predicted octanol–water partition coefficient (Wildman–Crippen LogP) is 1.07. The second kappa shape index (κ2) is 6.17. The first-order valence-corrected chi connectivity index (χ1v) is 6.99. The number of hydrogen-bond acceptors (Lipinski definition) is 3. The number of carbonyl (C=O) groups excluding carboxylic acids is 1. The molecule has 104 valence electrons. The summed E-state index contributed by atoms with van der Waals surface area (Å²) in [7, 11) is 0. The van der Waals surface area contributed by atoms with Gasteiger partial charge in [0.15, 0.2) is 0 Å². The highest BCUT2D eigenvalue weighted by Gasteiger charge is 2.29. The summed E-state index contributed by atoms with van der Waals surface area (Å²) in [6.45, 7) is 6.25. The van der Waals surface area contributed by atoms with Crippen LogP contribution in [0.5, 0.6) is 0 Å². The molecular formula is C15H23N3O. The van der Waals surface area contributed by atoms with E-state index in [1.807, 2.05) is 4.90 Å². The molecule has 1 heterocycles. The van der Waals surface area contributed by atoms with Gasteiger partial charge in [0.25, 0.3) is 0 Å². The molecule has 2 atom stereocenters. The van der Waals surface area contributed by atoms with E-state index in [2.05, 4.69) is 36.5 Å². The number of nitrogens with zero attached hydrogens (tertiary/aromatic N) is 1. The highest BCUT2D eigenvalue weighted by atomic mass is 16.2. The Bertz CT molecular complexity index is 428. The van der Waals surface area contributed by atoms with Crippen LogP contribution in [0.1, 0.15) is 31.0 Å². The van der Waals surface area contributed by atoms with Crippen LogP contribution in [0.3, 0.4) is 0 Å². The van der Waals surface area contributed by atoms with Crippen LogP contribution in [0.15, 0.2) is 24.3 Å². The van der Waals surface area contributed by atoms with E-state index in [1.54, 1.807) is 6.92 Å². The number of hydrogen-bond donors (Lipinski definition) is 2. The first-order valence-electron chi connectivity index (χ1n) is 6.99. The Morgan fingerprint density at radius 1 is 1.47 bits per heavy atom. The Hall–Kier alpha value is -1.39. The molecule has 1 aromatic carbocycles. The van der Waals surface area contributed by atoms with Gasteiger partial charge >= 0.3 is 0 Å². The van der Waals surface area contributed by atoms with Crippen molar-refractivity contribution in [3.8, 4) is 0 Å². The van der Waals surface area contributed by atoms with E-state index in [4.69, 9.17) is 5.73 Å². The summed E-state index contributed by atoms with van der Waals surface area (Å²) in [5.41, 5.74) is 8.24. The normalized spacial score (nSPS) is 21.2. The highest BCUT2D eigenvalue weighted by Crippen LogP contribution is 2.23. The van der Waals surface area contributed by atoms with E-state index in [0.29, 0.717) is 0 Å². The number of nitrogens with two attached hydrogens (primary N) is 1. The summed E-state index contributed by atoms with van der Waals surface area (Å²) >= 11 is 0. The van der Waals surface area contributed by atoms with Crippen LogP contribution in [-0.2, 0) is 11.2 Å². The largest absolute Gasteiger partial charge is 0.332 e. The van der Waals surface area contributed by atoms with Crippen LogP contribution < -0.4 is 11.1 Å². The lowest BCUT2D eigenvalue weighted by Gasteiger charge is -2.37. The van der Waals surface area contributed by atoms with E-state index in [1.165, 1.54) is 11.1 Å². The lowest BCUT2D eigenvalue weighted by molar-refractivity contribution is -0.135. The quantitative estimate of drug-likeness (QED) is 0.855. The molecule has 1 aliphatic rings. The van der Waals surface area contributed by atoms with Gasteiger partial charge in [0.05, 0.1) is 12.1 Å². The fourth-order valence-electron chi connectivity index (χ4n) is 2.50. The monoisotopic (exact) mass is 261 g/mol. The summed E-state index contributed by atoms with van der Waals surface area (Å²) < 4.78 is 0. The van der Waals surface area contributed by atoms with Gasteiger partial charge < -0.3 is 16.0 Å². The molecule has 4 nitrogen and oxygen atoms in total. The number of carbonyl (C=O) groups is 1. The number of piperazine rings is 1. The van der Waals surface area contributed by atoms with E-state index in [0.717, 1.165) is 26.1 Å². The number of amides is 1. The number of aryl methyl sites for hydroxylation is 1. The van der Waals surface area contributed by atoms with Gasteiger partial charge in [-0.3, -0.25) is 4.79 Å². The van der Waals surface area contributed by atoms with Crippen LogP contribution in [0.4, 0.5) is 0 Å². The molecule has 1 aromatic rings. The van der Waals surface area contributed by atoms with Crippen LogP contribution in [0, 0.1) is 0 Å². The maximum Gasteiger partial charge on any atom is 0.239 e. The summed E-state index contributed by atoms with van der Waals surface area (Å²) in [6, 6.07) is 8.18. The summed E-state index contributed by atoms with van der Waals surface area (Å²) in [5, 5.41) is 3.35. The van der Waals surface area contributed by atoms with Crippen molar-refractivity contribution in [3.63, 3.8) is 0 Å². The Morgan fingerprint density at radius 2 is 2.16 bits per heavy atom. The molecule has 1 aliphatic heterocycles. The predicted molar refractivity (Wildman–Crippen MR) is 76.8 cm³/mol. The topological polar surface area (TPSA) is 58.4 Å². The maximum atomic E-state index is 12.2. The van der Waals surface area contributed by atoms with E-state index in [9.17, 15) is 4.79 Å². The Labute approximate surface area is 115 Å². The molecule has 2 unspecified atom stereocenters. The lowest BCUT2D eigenvalue weighted by atomic mass is 10.0. The third-order valence-electron chi connectivity index (χ3n) is 3.69. The first kappa shape index (κ1) is 14.0. The van der Waals surface area contributed by atoms with Gasteiger partial charge in [0.1, 0.15) is 0 Å². The number of benzene rings is 1. The lowest BCUT2D eigenvalue weighted by Crippen LogP contribution is -2.52. The minimum Gasteiger partial charge on any atom is -0.332 e. The summed E-state index contributed by atoms with van der Waals surface area (Å²) in [4.78, 5) is 14.1. The van der Waals surface area contributed by atoms with Crippen molar-refractivity contribution in [2.75, 3.05) is 19.6 Å². The van der Waals surface area contributed by atoms with Crippen LogP contribution in [0.25, 0.3) is 0 Å². The van der Waals surface area contributed by atoms with Crippen LogP contribution >= 0.6 is 0 Å². The van der Waals surface area contributed by atoms with Crippen molar-refractivity contribution in [1.29, 1.82) is 0 Å². The number of rotatable bonds is 3. The van der Waals surface area contributed by atoms with Gasteiger partial charge in [-0.25, -0.2) is 0 Å². The minimum absolute atomic E-state index is 0.0334. The van der Waals surface area contributed by atoms with Crippen molar-refractivity contribution in [2.24, 2.45) is 5.73 Å². The van der Waals surface area contributed by atoms with E-state index in [-0.39, 0.29) is 11.9 Å². The molecule has 3 N–H and O–H groups in total. The smallest absolute Gasteiger partial charge is 0.239 e. The zero-order valence-corrected chi connectivity index (χ0v) is 11.7. The first-order chi connectivity index (χ1) is 9.13. The average Bonchev–Trinajstić information content (AvgIpc) is 2.46. The Morgan fingerprint density at radius 3 is 2.74 bits per heavy atom. The fraction of sp³-hybridized carbons (Fsp3) is 0.533. The Kier molecular flexibility index (Phi) is 4.56. The molecule has 0 spiro atoms. The molecule has 0 aliphatic carbocycles. The zero-order chi connectivity index (χ0) is 13.8. The summed E-state index contributed by atoms with van der Waals surface area (Å²) in [6.07, 6.45) is 1.03. The van der Waals surface area contributed by atoms with Crippen molar-refractivity contribution in [1.82, 2.24) is 10.2 Å². The molecule has 0 radical (unpaired) electrons. The SMILES string of the molecule is CCc1ccc(C2CNCCN2C(=O)C(C)N)cc1. The van der Waals surface area contributed by atoms with Crippen LogP contribution in [-0.4, -0.2) is 36.5 Å².